The fraction of sp³-hybridized carbons (Fsp3) is 0.462. The minimum absolute atomic E-state index is 0.448. The van der Waals surface area contributed by atoms with Gasteiger partial charge in [-0.1, -0.05) is 13.0 Å². The third-order valence-corrected chi connectivity index (χ3v) is 3.31. The zero-order chi connectivity index (χ0) is 12.4. The van der Waals surface area contributed by atoms with E-state index < -0.39 is 12.0 Å². The number of aryl methyl sites for hydroxylation is 1. The quantitative estimate of drug-likeness (QED) is 0.784. The lowest BCUT2D eigenvalue weighted by Gasteiger charge is -2.35. The number of nitrogen functional groups attached to an aromatic ring is 1. The molecule has 1 atom stereocenters. The Morgan fingerprint density at radius 3 is 3.00 bits per heavy atom. The molecule has 1 aromatic carbocycles. The molecule has 0 saturated carbocycles. The minimum atomic E-state index is -0.761. The summed E-state index contributed by atoms with van der Waals surface area (Å²) in [6.45, 7) is 2.70. The van der Waals surface area contributed by atoms with E-state index in [0.717, 1.165) is 25.1 Å². The van der Waals surface area contributed by atoms with Gasteiger partial charge in [0.05, 0.1) is 0 Å². The first kappa shape index (κ1) is 11.8. The highest BCUT2D eigenvalue weighted by Gasteiger charge is 2.27. The Balaban J connectivity index is 2.39. The molecule has 0 fully saturated rings. The SMILES string of the molecule is CCC(C(=O)O)N1CCCc2ccc(N)cc21. The van der Waals surface area contributed by atoms with Crippen LogP contribution in [0.4, 0.5) is 11.4 Å². The molecule has 92 valence electrons. The second-order valence-corrected chi connectivity index (χ2v) is 4.45. The molecule has 0 saturated heterocycles. The van der Waals surface area contributed by atoms with E-state index >= 15 is 0 Å². The summed E-state index contributed by atoms with van der Waals surface area (Å²) < 4.78 is 0. The van der Waals surface area contributed by atoms with Crippen molar-refractivity contribution in [3.8, 4) is 0 Å². The molecule has 1 aliphatic heterocycles. The first-order valence-electron chi connectivity index (χ1n) is 6.01. The predicted octanol–water partition coefficient (Wildman–Crippen LogP) is 1.88. The van der Waals surface area contributed by atoms with Crippen molar-refractivity contribution in [3.05, 3.63) is 23.8 Å². The number of aliphatic carboxylic acids is 1. The molecular weight excluding hydrogens is 216 g/mol. The van der Waals surface area contributed by atoms with Crippen molar-refractivity contribution in [3.63, 3.8) is 0 Å². The van der Waals surface area contributed by atoms with Crippen molar-refractivity contribution in [2.45, 2.75) is 32.2 Å². The average Bonchev–Trinajstić information content (AvgIpc) is 2.30. The van der Waals surface area contributed by atoms with Gasteiger partial charge in [0.1, 0.15) is 6.04 Å². The maximum atomic E-state index is 11.3. The Morgan fingerprint density at radius 2 is 2.35 bits per heavy atom. The van der Waals surface area contributed by atoms with Crippen LogP contribution in [0.3, 0.4) is 0 Å². The summed E-state index contributed by atoms with van der Waals surface area (Å²) in [5.41, 5.74) is 8.67. The normalized spacial score (nSPS) is 16.4. The minimum Gasteiger partial charge on any atom is -0.480 e. The molecule has 0 amide bonds. The van der Waals surface area contributed by atoms with E-state index in [0.29, 0.717) is 12.1 Å². The molecular formula is C13H18N2O2. The van der Waals surface area contributed by atoms with Crippen molar-refractivity contribution >= 4 is 17.3 Å². The summed E-state index contributed by atoms with van der Waals surface area (Å²) in [6.07, 6.45) is 2.60. The van der Waals surface area contributed by atoms with Crippen molar-refractivity contribution in [1.82, 2.24) is 0 Å². The van der Waals surface area contributed by atoms with E-state index in [4.69, 9.17) is 5.73 Å². The van der Waals surface area contributed by atoms with Crippen molar-refractivity contribution in [2.75, 3.05) is 17.2 Å². The van der Waals surface area contributed by atoms with Crippen LogP contribution in [0.25, 0.3) is 0 Å². The number of rotatable bonds is 3. The molecule has 0 aliphatic carbocycles. The lowest BCUT2D eigenvalue weighted by atomic mass is 9.98. The zero-order valence-corrected chi connectivity index (χ0v) is 10.0. The number of nitrogens with zero attached hydrogens (tertiary/aromatic N) is 1. The largest absolute Gasteiger partial charge is 0.480 e. The maximum absolute atomic E-state index is 11.3. The zero-order valence-electron chi connectivity index (χ0n) is 10.0. The highest BCUT2D eigenvalue weighted by atomic mass is 16.4. The van der Waals surface area contributed by atoms with E-state index in [-0.39, 0.29) is 0 Å². The van der Waals surface area contributed by atoms with E-state index in [2.05, 4.69) is 0 Å². The van der Waals surface area contributed by atoms with Crippen LogP contribution in [-0.2, 0) is 11.2 Å². The molecule has 4 nitrogen and oxygen atoms in total. The second kappa shape index (κ2) is 4.65. The van der Waals surface area contributed by atoms with Crippen LogP contribution in [0.1, 0.15) is 25.3 Å². The number of anilines is 2. The smallest absolute Gasteiger partial charge is 0.326 e. The summed E-state index contributed by atoms with van der Waals surface area (Å²) in [4.78, 5) is 13.2. The highest BCUT2D eigenvalue weighted by Crippen LogP contribution is 2.31. The fourth-order valence-corrected chi connectivity index (χ4v) is 2.47. The molecule has 0 bridgehead atoms. The standard InChI is InChI=1S/C13H18N2O2/c1-2-11(13(16)17)15-7-3-4-9-5-6-10(14)8-12(9)15/h5-6,8,11H,2-4,7,14H2,1H3,(H,16,17). The molecule has 17 heavy (non-hydrogen) atoms. The van der Waals surface area contributed by atoms with Gasteiger partial charge >= 0.3 is 5.97 Å². The van der Waals surface area contributed by atoms with Gasteiger partial charge in [0, 0.05) is 17.9 Å². The first-order valence-corrected chi connectivity index (χ1v) is 6.01. The Morgan fingerprint density at radius 1 is 1.59 bits per heavy atom. The van der Waals surface area contributed by atoms with Gasteiger partial charge in [0.15, 0.2) is 0 Å². The van der Waals surface area contributed by atoms with Crippen molar-refractivity contribution in [2.24, 2.45) is 0 Å². The average molecular weight is 234 g/mol. The van der Waals surface area contributed by atoms with Gasteiger partial charge < -0.3 is 15.7 Å². The van der Waals surface area contributed by atoms with Gasteiger partial charge in [0.2, 0.25) is 0 Å². The molecule has 1 unspecified atom stereocenters. The molecule has 4 heteroatoms. The van der Waals surface area contributed by atoms with Gasteiger partial charge in [-0.05, 0) is 37.0 Å². The number of benzene rings is 1. The third-order valence-electron chi connectivity index (χ3n) is 3.31. The molecule has 0 aromatic heterocycles. The number of carbonyl (C=O) groups is 1. The lowest BCUT2D eigenvalue weighted by Crippen LogP contribution is -2.43. The van der Waals surface area contributed by atoms with E-state index in [9.17, 15) is 9.90 Å². The highest BCUT2D eigenvalue weighted by molar-refractivity contribution is 5.79. The summed E-state index contributed by atoms with van der Waals surface area (Å²) in [7, 11) is 0. The number of nitrogens with two attached hydrogens (primary N) is 1. The molecule has 1 heterocycles. The van der Waals surface area contributed by atoms with E-state index in [1.165, 1.54) is 5.56 Å². The number of hydrogen-bond acceptors (Lipinski definition) is 3. The summed E-state index contributed by atoms with van der Waals surface area (Å²) in [5.74, 6) is -0.761. The van der Waals surface area contributed by atoms with Crippen molar-refractivity contribution < 1.29 is 9.90 Å². The van der Waals surface area contributed by atoms with Crippen LogP contribution in [0.5, 0.6) is 0 Å². The Hall–Kier alpha value is -1.71. The molecule has 1 aromatic rings. The van der Waals surface area contributed by atoms with E-state index in [1.807, 2.05) is 30.0 Å². The number of carboxylic acids is 1. The van der Waals surface area contributed by atoms with Gasteiger partial charge in [-0.25, -0.2) is 4.79 Å². The van der Waals surface area contributed by atoms with Gasteiger partial charge in [-0.3, -0.25) is 0 Å². The van der Waals surface area contributed by atoms with Crippen molar-refractivity contribution in [1.29, 1.82) is 0 Å². The maximum Gasteiger partial charge on any atom is 0.326 e. The predicted molar refractivity (Wildman–Crippen MR) is 68.2 cm³/mol. The molecule has 2 rings (SSSR count). The molecule has 3 N–H and O–H groups in total. The van der Waals surface area contributed by atoms with Gasteiger partial charge in [-0.2, -0.15) is 0 Å². The first-order chi connectivity index (χ1) is 8.13. The fourth-order valence-electron chi connectivity index (χ4n) is 2.47. The van der Waals surface area contributed by atoms with Crippen LogP contribution in [0.2, 0.25) is 0 Å². The van der Waals surface area contributed by atoms with Crippen LogP contribution < -0.4 is 10.6 Å². The van der Waals surface area contributed by atoms with Crippen LogP contribution in [0, 0.1) is 0 Å². The monoisotopic (exact) mass is 234 g/mol. The Bertz CT molecular complexity index is 431. The van der Waals surface area contributed by atoms with Gasteiger partial charge in [-0.15, -0.1) is 0 Å². The molecule has 0 radical (unpaired) electrons. The van der Waals surface area contributed by atoms with Crippen LogP contribution in [0.15, 0.2) is 18.2 Å². The third kappa shape index (κ3) is 2.20. The number of fused-ring (bicyclic) bond motifs is 1. The Labute approximate surface area is 101 Å². The second-order valence-electron chi connectivity index (χ2n) is 4.45. The van der Waals surface area contributed by atoms with Crippen LogP contribution in [-0.4, -0.2) is 23.7 Å². The Kier molecular flexibility index (Phi) is 3.22. The van der Waals surface area contributed by atoms with Crippen LogP contribution >= 0.6 is 0 Å². The summed E-state index contributed by atoms with van der Waals surface area (Å²) in [6, 6.07) is 5.33. The molecule has 1 aliphatic rings. The number of hydrogen-bond donors (Lipinski definition) is 2. The summed E-state index contributed by atoms with van der Waals surface area (Å²) in [5, 5.41) is 9.25. The number of carboxylic acid groups (broad SMARTS) is 1. The molecule has 0 spiro atoms. The topological polar surface area (TPSA) is 66.6 Å². The van der Waals surface area contributed by atoms with E-state index in [1.54, 1.807) is 0 Å². The van der Waals surface area contributed by atoms with Gasteiger partial charge in [0.25, 0.3) is 0 Å². The summed E-state index contributed by atoms with van der Waals surface area (Å²) >= 11 is 0. The lowest BCUT2D eigenvalue weighted by molar-refractivity contribution is -0.138.